The van der Waals surface area contributed by atoms with Gasteiger partial charge < -0.3 is 15.8 Å². The predicted octanol–water partition coefficient (Wildman–Crippen LogP) is 2.82. The number of nitrogens with one attached hydrogen (secondary N) is 1. The van der Waals surface area contributed by atoms with Gasteiger partial charge in [-0.3, -0.25) is 4.57 Å². The SMILES string of the molecule is COc1ccccc1NC(N)=NCc1ccc(-n2ccnc2)nc1.I. The highest BCUT2D eigenvalue weighted by Gasteiger charge is 2.02. The molecule has 0 spiro atoms. The first-order chi connectivity index (χ1) is 11.8. The smallest absolute Gasteiger partial charge is 0.193 e. The summed E-state index contributed by atoms with van der Waals surface area (Å²) < 4.78 is 7.11. The van der Waals surface area contributed by atoms with Crippen LogP contribution in [0.1, 0.15) is 5.56 Å². The first kappa shape index (κ1) is 18.7. The van der Waals surface area contributed by atoms with Crippen LogP contribution in [-0.4, -0.2) is 27.6 Å². The van der Waals surface area contributed by atoms with Gasteiger partial charge >= 0.3 is 0 Å². The molecule has 2 heterocycles. The van der Waals surface area contributed by atoms with Gasteiger partial charge in [-0.2, -0.15) is 0 Å². The number of rotatable bonds is 5. The van der Waals surface area contributed by atoms with Gasteiger partial charge in [0.1, 0.15) is 17.9 Å². The van der Waals surface area contributed by atoms with Crippen molar-refractivity contribution in [2.75, 3.05) is 12.4 Å². The third-order valence-electron chi connectivity index (χ3n) is 3.38. The quantitative estimate of drug-likeness (QED) is 0.355. The normalized spacial score (nSPS) is 10.8. The lowest BCUT2D eigenvalue weighted by atomic mass is 10.3. The highest BCUT2D eigenvalue weighted by molar-refractivity contribution is 14.0. The second-order valence-electron chi connectivity index (χ2n) is 5.02. The summed E-state index contributed by atoms with van der Waals surface area (Å²) in [7, 11) is 1.61. The fourth-order valence-corrected chi connectivity index (χ4v) is 2.16. The summed E-state index contributed by atoms with van der Waals surface area (Å²) >= 11 is 0. The Bertz CT molecular complexity index is 817. The second-order valence-corrected chi connectivity index (χ2v) is 5.02. The molecule has 1 aromatic carbocycles. The molecule has 2 aromatic heterocycles. The van der Waals surface area contributed by atoms with Crippen molar-refractivity contribution >= 4 is 35.6 Å². The van der Waals surface area contributed by atoms with Gasteiger partial charge in [0.15, 0.2) is 5.96 Å². The van der Waals surface area contributed by atoms with E-state index >= 15 is 0 Å². The Hall–Kier alpha value is -2.62. The molecular formula is C17H19IN6O. The Morgan fingerprint density at radius 1 is 1.28 bits per heavy atom. The Morgan fingerprint density at radius 2 is 2.12 bits per heavy atom. The van der Waals surface area contributed by atoms with Crippen molar-refractivity contribution in [3.8, 4) is 11.6 Å². The summed E-state index contributed by atoms with van der Waals surface area (Å²) in [6.07, 6.45) is 7.03. The average molecular weight is 450 g/mol. The van der Waals surface area contributed by atoms with Crippen LogP contribution in [0.2, 0.25) is 0 Å². The highest BCUT2D eigenvalue weighted by atomic mass is 127. The van der Waals surface area contributed by atoms with Gasteiger partial charge in [0.25, 0.3) is 0 Å². The van der Waals surface area contributed by atoms with E-state index in [9.17, 15) is 0 Å². The molecule has 0 aliphatic heterocycles. The number of hydrogen-bond donors (Lipinski definition) is 2. The standard InChI is InChI=1S/C17H18N6O.HI/c1-24-15-5-3-2-4-14(15)22-17(18)21-11-13-6-7-16(20-10-13)23-9-8-19-12-23;/h2-10,12H,11H2,1H3,(H3,18,21,22);1H. The zero-order chi connectivity index (χ0) is 16.8. The second kappa shape index (κ2) is 9.02. The first-order valence-electron chi connectivity index (χ1n) is 7.39. The molecule has 0 amide bonds. The van der Waals surface area contributed by atoms with E-state index in [1.807, 2.05) is 47.2 Å². The first-order valence-corrected chi connectivity index (χ1v) is 7.39. The molecule has 7 nitrogen and oxygen atoms in total. The van der Waals surface area contributed by atoms with Crippen molar-refractivity contribution in [3.05, 3.63) is 66.9 Å². The molecular weight excluding hydrogens is 431 g/mol. The Kier molecular flexibility index (Phi) is 6.75. The molecule has 0 bridgehead atoms. The third-order valence-corrected chi connectivity index (χ3v) is 3.38. The summed E-state index contributed by atoms with van der Waals surface area (Å²) in [5.41, 5.74) is 7.67. The molecule has 3 rings (SSSR count). The largest absolute Gasteiger partial charge is 0.495 e. The number of pyridine rings is 1. The van der Waals surface area contributed by atoms with Gasteiger partial charge in [-0.15, -0.1) is 24.0 Å². The van der Waals surface area contributed by atoms with Crippen LogP contribution in [0.3, 0.4) is 0 Å². The molecule has 8 heteroatoms. The van der Waals surface area contributed by atoms with E-state index in [4.69, 9.17) is 10.5 Å². The maximum atomic E-state index is 5.93. The molecule has 130 valence electrons. The average Bonchev–Trinajstić information content (AvgIpc) is 3.15. The zero-order valence-corrected chi connectivity index (χ0v) is 16.0. The highest BCUT2D eigenvalue weighted by Crippen LogP contribution is 2.22. The van der Waals surface area contributed by atoms with Crippen LogP contribution in [-0.2, 0) is 6.54 Å². The topological polar surface area (TPSA) is 90.3 Å². The van der Waals surface area contributed by atoms with Gasteiger partial charge in [-0.25, -0.2) is 15.0 Å². The number of nitrogens with two attached hydrogens (primary N) is 1. The van der Waals surface area contributed by atoms with E-state index in [1.165, 1.54) is 0 Å². The number of aromatic nitrogens is 3. The Labute approximate surface area is 163 Å². The van der Waals surface area contributed by atoms with Crippen molar-refractivity contribution in [2.45, 2.75) is 6.54 Å². The van der Waals surface area contributed by atoms with Gasteiger partial charge in [-0.1, -0.05) is 18.2 Å². The van der Waals surface area contributed by atoms with E-state index in [-0.39, 0.29) is 24.0 Å². The molecule has 0 saturated heterocycles. The lowest BCUT2D eigenvalue weighted by Crippen LogP contribution is -2.22. The number of para-hydroxylation sites is 2. The Morgan fingerprint density at radius 3 is 2.80 bits per heavy atom. The molecule has 0 unspecified atom stereocenters. The van der Waals surface area contributed by atoms with Gasteiger partial charge in [0.2, 0.25) is 0 Å². The summed E-state index contributed by atoms with van der Waals surface area (Å²) in [5, 5.41) is 3.04. The minimum atomic E-state index is 0. The maximum absolute atomic E-state index is 5.93. The van der Waals surface area contributed by atoms with Crippen molar-refractivity contribution < 1.29 is 4.74 Å². The molecule has 0 atom stereocenters. The van der Waals surface area contributed by atoms with E-state index in [1.54, 1.807) is 25.8 Å². The number of ether oxygens (including phenoxy) is 1. The summed E-state index contributed by atoms with van der Waals surface area (Å²) in [6, 6.07) is 11.4. The minimum absolute atomic E-state index is 0. The van der Waals surface area contributed by atoms with Crippen LogP contribution >= 0.6 is 24.0 Å². The molecule has 0 radical (unpaired) electrons. The Balaban J connectivity index is 0.00000225. The molecule has 0 aliphatic rings. The van der Waals surface area contributed by atoms with Crippen LogP contribution in [0.15, 0.2) is 66.3 Å². The monoisotopic (exact) mass is 450 g/mol. The molecule has 0 fully saturated rings. The van der Waals surface area contributed by atoms with Gasteiger partial charge in [0.05, 0.1) is 19.3 Å². The fraction of sp³-hybridized carbons (Fsp3) is 0.118. The van der Waals surface area contributed by atoms with E-state index < -0.39 is 0 Å². The number of guanidine groups is 1. The molecule has 0 aliphatic carbocycles. The van der Waals surface area contributed by atoms with E-state index in [0.29, 0.717) is 18.3 Å². The number of imidazole rings is 1. The maximum Gasteiger partial charge on any atom is 0.193 e. The van der Waals surface area contributed by atoms with Crippen LogP contribution in [0.4, 0.5) is 5.69 Å². The third kappa shape index (κ3) is 4.92. The van der Waals surface area contributed by atoms with Crippen LogP contribution in [0.25, 0.3) is 5.82 Å². The molecule has 25 heavy (non-hydrogen) atoms. The van der Waals surface area contributed by atoms with Gasteiger partial charge in [0, 0.05) is 18.6 Å². The minimum Gasteiger partial charge on any atom is -0.495 e. The summed E-state index contributed by atoms with van der Waals surface area (Å²) in [4.78, 5) is 12.7. The summed E-state index contributed by atoms with van der Waals surface area (Å²) in [6.45, 7) is 0.436. The number of hydrogen-bond acceptors (Lipinski definition) is 4. The fourth-order valence-electron chi connectivity index (χ4n) is 2.16. The molecule has 3 N–H and O–H groups in total. The predicted molar refractivity (Wildman–Crippen MR) is 109 cm³/mol. The van der Waals surface area contributed by atoms with Crippen molar-refractivity contribution in [1.82, 2.24) is 14.5 Å². The lowest BCUT2D eigenvalue weighted by molar-refractivity contribution is 0.417. The van der Waals surface area contributed by atoms with Crippen molar-refractivity contribution in [1.29, 1.82) is 0 Å². The lowest BCUT2D eigenvalue weighted by Gasteiger charge is -2.10. The number of nitrogens with zero attached hydrogens (tertiary/aromatic N) is 4. The van der Waals surface area contributed by atoms with Crippen LogP contribution in [0, 0.1) is 0 Å². The number of methoxy groups -OCH3 is 1. The van der Waals surface area contributed by atoms with E-state index in [0.717, 1.165) is 17.1 Å². The summed E-state index contributed by atoms with van der Waals surface area (Å²) in [5.74, 6) is 1.83. The van der Waals surface area contributed by atoms with Crippen molar-refractivity contribution in [2.24, 2.45) is 10.7 Å². The van der Waals surface area contributed by atoms with Gasteiger partial charge in [-0.05, 0) is 23.8 Å². The van der Waals surface area contributed by atoms with Crippen LogP contribution < -0.4 is 15.8 Å². The number of halogens is 1. The number of aliphatic imine (C=N–C) groups is 1. The molecule has 0 saturated carbocycles. The number of anilines is 1. The van der Waals surface area contributed by atoms with Crippen molar-refractivity contribution in [3.63, 3.8) is 0 Å². The molecule has 3 aromatic rings. The zero-order valence-electron chi connectivity index (χ0n) is 13.7. The van der Waals surface area contributed by atoms with Crippen LogP contribution in [0.5, 0.6) is 5.75 Å². The number of benzene rings is 1. The van der Waals surface area contributed by atoms with E-state index in [2.05, 4.69) is 20.3 Å².